The molecule has 2 rings (SSSR count). The number of amides is 1. The normalized spacial score (nSPS) is 12.8. The third kappa shape index (κ3) is 3.73. The van der Waals surface area contributed by atoms with Gasteiger partial charge in [-0.3, -0.25) is 4.79 Å². The van der Waals surface area contributed by atoms with Gasteiger partial charge in [0.1, 0.15) is 0 Å². The standard InChI is InChI=1S/C15H17NO4S2/c1-2-22(19,20)13-5-3-11(4-6-13)14(9-17)16-15(18)12-7-8-21-10-12/h3-8,10,14,17H,2,9H2,1H3,(H,16,18)/t14-/m0/s1. The number of carbonyl (C=O) groups is 1. The van der Waals surface area contributed by atoms with Gasteiger partial charge < -0.3 is 10.4 Å². The molecule has 1 heterocycles. The van der Waals surface area contributed by atoms with Crippen molar-refractivity contribution in [1.29, 1.82) is 0 Å². The number of sulfone groups is 1. The smallest absolute Gasteiger partial charge is 0.252 e. The van der Waals surface area contributed by atoms with E-state index in [-0.39, 0.29) is 23.2 Å². The number of carbonyl (C=O) groups excluding carboxylic acids is 1. The van der Waals surface area contributed by atoms with E-state index in [1.54, 1.807) is 35.9 Å². The third-order valence-electron chi connectivity index (χ3n) is 3.29. The summed E-state index contributed by atoms with van der Waals surface area (Å²) < 4.78 is 23.5. The molecule has 0 aliphatic rings. The Bertz CT molecular complexity index is 721. The highest BCUT2D eigenvalue weighted by Crippen LogP contribution is 2.18. The number of aliphatic hydroxyl groups excluding tert-OH is 1. The molecule has 7 heteroatoms. The van der Waals surface area contributed by atoms with Crippen molar-refractivity contribution in [2.45, 2.75) is 17.9 Å². The van der Waals surface area contributed by atoms with E-state index in [9.17, 15) is 18.3 Å². The molecule has 2 N–H and O–H groups in total. The van der Waals surface area contributed by atoms with E-state index in [1.165, 1.54) is 23.5 Å². The monoisotopic (exact) mass is 339 g/mol. The van der Waals surface area contributed by atoms with Crippen molar-refractivity contribution in [1.82, 2.24) is 5.32 Å². The van der Waals surface area contributed by atoms with Crippen molar-refractivity contribution >= 4 is 27.1 Å². The van der Waals surface area contributed by atoms with Crippen molar-refractivity contribution in [2.24, 2.45) is 0 Å². The summed E-state index contributed by atoms with van der Waals surface area (Å²) >= 11 is 1.42. The van der Waals surface area contributed by atoms with Crippen LogP contribution < -0.4 is 5.32 Å². The first-order chi connectivity index (χ1) is 10.5. The fourth-order valence-corrected chi connectivity index (χ4v) is 3.46. The lowest BCUT2D eigenvalue weighted by Gasteiger charge is -2.16. The van der Waals surface area contributed by atoms with Crippen LogP contribution in [-0.2, 0) is 9.84 Å². The Hall–Kier alpha value is -1.70. The number of hydrogen-bond donors (Lipinski definition) is 2. The quantitative estimate of drug-likeness (QED) is 0.843. The molecular formula is C15H17NO4S2. The minimum absolute atomic E-state index is 0.0324. The molecule has 1 amide bonds. The first-order valence-electron chi connectivity index (χ1n) is 6.74. The van der Waals surface area contributed by atoms with E-state index in [2.05, 4.69) is 5.32 Å². The van der Waals surface area contributed by atoms with Gasteiger partial charge in [-0.05, 0) is 29.1 Å². The van der Waals surface area contributed by atoms with Crippen LogP contribution in [0.1, 0.15) is 28.9 Å². The molecule has 0 fully saturated rings. The van der Waals surface area contributed by atoms with Crippen LogP contribution in [0, 0.1) is 0 Å². The molecule has 0 radical (unpaired) electrons. The number of thiophene rings is 1. The lowest BCUT2D eigenvalue weighted by Crippen LogP contribution is -2.30. The minimum Gasteiger partial charge on any atom is -0.394 e. The second kappa shape index (κ2) is 7.04. The SMILES string of the molecule is CCS(=O)(=O)c1ccc([C@H](CO)NC(=O)c2ccsc2)cc1. The predicted molar refractivity (Wildman–Crippen MR) is 85.8 cm³/mol. The van der Waals surface area contributed by atoms with Crippen LogP contribution in [-0.4, -0.2) is 31.8 Å². The Labute approximate surface area is 133 Å². The first kappa shape index (κ1) is 16.7. The summed E-state index contributed by atoms with van der Waals surface area (Å²) in [6, 6.07) is 7.33. The van der Waals surface area contributed by atoms with Gasteiger partial charge in [0, 0.05) is 5.38 Å². The molecule has 0 aliphatic carbocycles. The van der Waals surface area contributed by atoms with Gasteiger partial charge in [-0.15, -0.1) is 0 Å². The van der Waals surface area contributed by atoms with E-state index in [0.29, 0.717) is 11.1 Å². The average Bonchev–Trinajstić information content (AvgIpc) is 3.07. The topological polar surface area (TPSA) is 83.5 Å². The van der Waals surface area contributed by atoms with Gasteiger partial charge in [0.05, 0.1) is 28.9 Å². The summed E-state index contributed by atoms with van der Waals surface area (Å²) in [6.07, 6.45) is 0. The molecule has 0 unspecified atom stereocenters. The Kier molecular flexibility index (Phi) is 5.33. The lowest BCUT2D eigenvalue weighted by atomic mass is 10.1. The van der Waals surface area contributed by atoms with E-state index in [1.807, 2.05) is 0 Å². The summed E-state index contributed by atoms with van der Waals surface area (Å²) in [4.78, 5) is 12.2. The molecule has 118 valence electrons. The number of rotatable bonds is 6. The molecule has 5 nitrogen and oxygen atoms in total. The minimum atomic E-state index is -3.25. The molecule has 1 aromatic carbocycles. The lowest BCUT2D eigenvalue weighted by molar-refractivity contribution is 0.0916. The van der Waals surface area contributed by atoms with Gasteiger partial charge in [-0.1, -0.05) is 19.1 Å². The maximum atomic E-state index is 12.0. The maximum Gasteiger partial charge on any atom is 0.252 e. The van der Waals surface area contributed by atoms with Crippen molar-refractivity contribution in [3.8, 4) is 0 Å². The van der Waals surface area contributed by atoms with Gasteiger partial charge in [-0.2, -0.15) is 11.3 Å². The average molecular weight is 339 g/mol. The van der Waals surface area contributed by atoms with Crippen LogP contribution >= 0.6 is 11.3 Å². The fourth-order valence-electron chi connectivity index (χ4n) is 1.94. The molecule has 1 atom stereocenters. The highest BCUT2D eigenvalue weighted by Gasteiger charge is 2.17. The van der Waals surface area contributed by atoms with Crippen molar-refractivity contribution in [2.75, 3.05) is 12.4 Å². The molecular weight excluding hydrogens is 322 g/mol. The molecule has 0 spiro atoms. The predicted octanol–water partition coefficient (Wildman–Crippen LogP) is 2.01. The van der Waals surface area contributed by atoms with E-state index in [4.69, 9.17) is 0 Å². The van der Waals surface area contributed by atoms with Gasteiger partial charge in [0.15, 0.2) is 9.84 Å². The first-order valence-corrected chi connectivity index (χ1v) is 9.34. The zero-order valence-electron chi connectivity index (χ0n) is 12.0. The molecule has 0 aliphatic heterocycles. The van der Waals surface area contributed by atoms with Crippen LogP contribution in [0.2, 0.25) is 0 Å². The molecule has 22 heavy (non-hydrogen) atoms. The van der Waals surface area contributed by atoms with Gasteiger partial charge in [0.25, 0.3) is 5.91 Å². The highest BCUT2D eigenvalue weighted by molar-refractivity contribution is 7.91. The molecule has 2 aromatic rings. The second-order valence-electron chi connectivity index (χ2n) is 4.69. The zero-order valence-corrected chi connectivity index (χ0v) is 13.7. The summed E-state index contributed by atoms with van der Waals surface area (Å²) in [7, 11) is -3.25. The van der Waals surface area contributed by atoms with Gasteiger partial charge in [0.2, 0.25) is 0 Å². The number of aliphatic hydroxyl groups is 1. The van der Waals surface area contributed by atoms with E-state index < -0.39 is 15.9 Å². The van der Waals surface area contributed by atoms with Crippen molar-refractivity contribution < 1.29 is 18.3 Å². The zero-order chi connectivity index (χ0) is 16.2. The molecule has 0 bridgehead atoms. The Balaban J connectivity index is 2.16. The summed E-state index contributed by atoms with van der Waals surface area (Å²) in [5.74, 6) is -0.240. The Morgan fingerprint density at radius 3 is 2.45 bits per heavy atom. The summed E-state index contributed by atoms with van der Waals surface area (Å²) in [6.45, 7) is 1.32. The van der Waals surface area contributed by atoms with Crippen molar-refractivity contribution in [3.05, 3.63) is 52.2 Å². The van der Waals surface area contributed by atoms with Crippen LogP contribution in [0.3, 0.4) is 0 Å². The highest BCUT2D eigenvalue weighted by atomic mass is 32.2. The second-order valence-corrected chi connectivity index (χ2v) is 7.75. The summed E-state index contributed by atoms with van der Waals surface area (Å²) in [5, 5.41) is 15.7. The van der Waals surface area contributed by atoms with Crippen molar-refractivity contribution in [3.63, 3.8) is 0 Å². The van der Waals surface area contributed by atoms with Crippen LogP contribution in [0.25, 0.3) is 0 Å². The van der Waals surface area contributed by atoms with E-state index in [0.717, 1.165) is 0 Å². The Morgan fingerprint density at radius 2 is 1.95 bits per heavy atom. The van der Waals surface area contributed by atoms with E-state index >= 15 is 0 Å². The maximum absolute atomic E-state index is 12.0. The number of hydrogen-bond acceptors (Lipinski definition) is 5. The van der Waals surface area contributed by atoms with Crippen LogP contribution in [0.4, 0.5) is 0 Å². The molecule has 0 saturated carbocycles. The number of benzene rings is 1. The molecule has 1 aromatic heterocycles. The fraction of sp³-hybridized carbons (Fsp3) is 0.267. The summed E-state index contributed by atoms with van der Waals surface area (Å²) in [5.41, 5.74) is 1.19. The molecule has 0 saturated heterocycles. The third-order valence-corrected chi connectivity index (χ3v) is 5.73. The van der Waals surface area contributed by atoms with Gasteiger partial charge in [-0.25, -0.2) is 8.42 Å². The Morgan fingerprint density at radius 1 is 1.27 bits per heavy atom. The van der Waals surface area contributed by atoms with Crippen LogP contribution in [0.15, 0.2) is 46.0 Å². The largest absolute Gasteiger partial charge is 0.394 e. The van der Waals surface area contributed by atoms with Gasteiger partial charge >= 0.3 is 0 Å². The van der Waals surface area contributed by atoms with Crippen LogP contribution in [0.5, 0.6) is 0 Å². The number of nitrogens with one attached hydrogen (secondary N) is 1.